The third-order valence-corrected chi connectivity index (χ3v) is 8.41. The van der Waals surface area contributed by atoms with Crippen LogP contribution in [0.15, 0.2) is 36.4 Å². The van der Waals surface area contributed by atoms with Crippen molar-refractivity contribution in [2.45, 2.75) is 75.2 Å². The van der Waals surface area contributed by atoms with Gasteiger partial charge in [-0.2, -0.15) is 0 Å². The number of fused-ring (bicyclic) bond motifs is 5. The SMILES string of the molecule is CN1C(=O)[C@H](C[C@@H](O)CN)NC(=O)C(N)Cc2cc(ccc2O)-c2ccc(O)c(c2)C[C@H]1C(=O)NCCCC[C@H](N)CC(=O)NCCN. The molecule has 4 amide bonds. The predicted molar refractivity (Wildman–Crippen MR) is 180 cm³/mol. The third kappa shape index (κ3) is 10.9. The summed E-state index contributed by atoms with van der Waals surface area (Å²) in [6.07, 6.45) is 0.393. The number of unbranched alkanes of at least 4 members (excludes halogenated alkanes) is 1. The van der Waals surface area contributed by atoms with Crippen LogP contribution in [0, 0.1) is 0 Å². The molecule has 2 aromatic carbocycles. The van der Waals surface area contributed by atoms with Gasteiger partial charge in [0.1, 0.15) is 23.6 Å². The normalized spacial score (nSPS) is 19.8. The quantitative estimate of drug-likeness (QED) is 0.107. The van der Waals surface area contributed by atoms with Crippen molar-refractivity contribution in [1.82, 2.24) is 20.9 Å². The summed E-state index contributed by atoms with van der Waals surface area (Å²) in [7, 11) is 1.41. The molecule has 5 atom stereocenters. The monoisotopic (exact) mass is 670 g/mol. The molecule has 15 nitrogen and oxygen atoms in total. The maximum absolute atomic E-state index is 13.9. The molecular formula is C33H50N8O7. The summed E-state index contributed by atoms with van der Waals surface area (Å²) < 4.78 is 0. The Labute approximate surface area is 280 Å². The summed E-state index contributed by atoms with van der Waals surface area (Å²) >= 11 is 0. The highest BCUT2D eigenvalue weighted by Gasteiger charge is 2.35. The zero-order chi connectivity index (χ0) is 35.4. The number of carbonyl (C=O) groups excluding carboxylic acids is 4. The van der Waals surface area contributed by atoms with Gasteiger partial charge >= 0.3 is 0 Å². The fourth-order valence-corrected chi connectivity index (χ4v) is 5.55. The van der Waals surface area contributed by atoms with Gasteiger partial charge in [0, 0.05) is 65.0 Å². The maximum atomic E-state index is 13.9. The van der Waals surface area contributed by atoms with Crippen LogP contribution in [0.4, 0.5) is 0 Å². The molecule has 0 spiro atoms. The van der Waals surface area contributed by atoms with Crippen LogP contribution in [-0.2, 0) is 32.0 Å². The number of phenolic OH excluding ortho intramolecular Hbond substituents is 2. The molecule has 48 heavy (non-hydrogen) atoms. The van der Waals surface area contributed by atoms with Gasteiger partial charge in [-0.25, -0.2) is 0 Å². The summed E-state index contributed by atoms with van der Waals surface area (Å²) in [4.78, 5) is 53.9. The van der Waals surface area contributed by atoms with Crippen molar-refractivity contribution in [2.24, 2.45) is 22.9 Å². The van der Waals surface area contributed by atoms with Crippen LogP contribution in [0.5, 0.6) is 11.5 Å². The number of hydrogen-bond acceptors (Lipinski definition) is 11. The Morgan fingerprint density at radius 3 is 2.21 bits per heavy atom. The van der Waals surface area contributed by atoms with E-state index in [9.17, 15) is 34.5 Å². The van der Waals surface area contributed by atoms with E-state index in [2.05, 4.69) is 16.0 Å². The van der Waals surface area contributed by atoms with Crippen LogP contribution in [0.3, 0.4) is 0 Å². The van der Waals surface area contributed by atoms with Crippen LogP contribution < -0.4 is 38.9 Å². The standard InChI is InChI=1S/C33H50N8O7/c1-41-27(32(47)39-10-3-2-4-23(36)16-30(45)38-11-9-34)15-22-13-20(6-8-29(22)44)19-5-7-28(43)21(12-19)14-25(37)31(46)40-26(33(41)48)17-24(42)18-35/h5-8,12-13,23-27,42-44H,2-4,9-11,14-18,34-37H2,1H3,(H,38,45)(H,39,47)(H,40,46)/t23-,24+,25?,26-,27-/m0/s1. The lowest BCUT2D eigenvalue weighted by Crippen LogP contribution is -2.57. The number of nitrogens with two attached hydrogens (primary N) is 4. The number of nitrogens with one attached hydrogen (secondary N) is 3. The molecule has 0 aliphatic carbocycles. The second kappa shape index (κ2) is 18.3. The van der Waals surface area contributed by atoms with E-state index in [4.69, 9.17) is 22.9 Å². The van der Waals surface area contributed by atoms with Crippen LogP contribution in [0.1, 0.15) is 43.2 Å². The summed E-state index contributed by atoms with van der Waals surface area (Å²) in [5.41, 5.74) is 25.4. The number of likely N-dealkylation sites (N-methyl/N-ethyl adjacent to an activating group) is 1. The van der Waals surface area contributed by atoms with Crippen LogP contribution >= 0.6 is 0 Å². The van der Waals surface area contributed by atoms with Gasteiger partial charge in [0.15, 0.2) is 0 Å². The van der Waals surface area contributed by atoms with Gasteiger partial charge in [0.05, 0.1) is 12.1 Å². The topological polar surface area (TPSA) is 272 Å². The zero-order valence-electron chi connectivity index (χ0n) is 27.4. The van der Waals surface area contributed by atoms with E-state index in [0.717, 1.165) is 0 Å². The van der Waals surface area contributed by atoms with E-state index in [1.165, 1.54) is 24.1 Å². The van der Waals surface area contributed by atoms with E-state index in [1.54, 1.807) is 24.3 Å². The van der Waals surface area contributed by atoms with Gasteiger partial charge in [-0.15, -0.1) is 0 Å². The number of aliphatic hydroxyl groups is 1. The minimum absolute atomic E-state index is 0.0515. The van der Waals surface area contributed by atoms with Gasteiger partial charge in [-0.1, -0.05) is 18.6 Å². The van der Waals surface area contributed by atoms with Gasteiger partial charge < -0.3 is 59.1 Å². The van der Waals surface area contributed by atoms with Gasteiger partial charge in [-0.05, 0) is 59.4 Å². The summed E-state index contributed by atoms with van der Waals surface area (Å²) in [5, 5.41) is 39.8. The lowest BCUT2D eigenvalue weighted by molar-refractivity contribution is -0.142. The molecule has 2 aromatic rings. The van der Waals surface area contributed by atoms with E-state index in [1.807, 2.05) is 0 Å². The number of rotatable bonds is 13. The van der Waals surface area contributed by atoms with Crippen molar-refractivity contribution < 1.29 is 34.5 Å². The highest BCUT2D eigenvalue weighted by atomic mass is 16.3. The van der Waals surface area contributed by atoms with E-state index < -0.39 is 42.0 Å². The Kier molecular flexibility index (Phi) is 14.6. The molecule has 0 saturated carbocycles. The van der Waals surface area contributed by atoms with Crippen LogP contribution in [0.25, 0.3) is 11.1 Å². The number of benzene rings is 2. The first-order valence-corrected chi connectivity index (χ1v) is 16.2. The van der Waals surface area contributed by atoms with Crippen molar-refractivity contribution in [3.05, 3.63) is 47.5 Å². The van der Waals surface area contributed by atoms with Gasteiger partial charge in [0.25, 0.3) is 0 Å². The molecule has 0 saturated heterocycles. The largest absolute Gasteiger partial charge is 0.508 e. The van der Waals surface area contributed by atoms with Crippen molar-refractivity contribution in [3.8, 4) is 22.6 Å². The molecular weight excluding hydrogens is 620 g/mol. The second-order valence-electron chi connectivity index (χ2n) is 12.2. The Morgan fingerprint density at radius 1 is 0.979 bits per heavy atom. The zero-order valence-corrected chi connectivity index (χ0v) is 27.4. The summed E-state index contributed by atoms with van der Waals surface area (Å²) in [5.74, 6) is -2.19. The van der Waals surface area contributed by atoms with Crippen LogP contribution in [0.2, 0.25) is 0 Å². The minimum atomic E-state index is -1.28. The van der Waals surface area contributed by atoms with Gasteiger partial charge in [-0.3, -0.25) is 19.2 Å². The van der Waals surface area contributed by atoms with Crippen molar-refractivity contribution >= 4 is 23.6 Å². The fraction of sp³-hybridized carbons (Fsp3) is 0.515. The number of carbonyl (C=O) groups is 4. The predicted octanol–water partition coefficient (Wildman–Crippen LogP) is -1.71. The average Bonchev–Trinajstić information content (AvgIpc) is 3.06. The van der Waals surface area contributed by atoms with E-state index in [-0.39, 0.29) is 62.2 Å². The van der Waals surface area contributed by atoms with Crippen molar-refractivity contribution in [3.63, 3.8) is 0 Å². The molecule has 1 unspecified atom stereocenters. The molecule has 15 heteroatoms. The number of aromatic hydroxyl groups is 2. The van der Waals surface area contributed by atoms with Crippen molar-refractivity contribution in [2.75, 3.05) is 33.2 Å². The highest BCUT2D eigenvalue weighted by Crippen LogP contribution is 2.31. The lowest BCUT2D eigenvalue weighted by Gasteiger charge is -2.32. The molecule has 1 aliphatic rings. The Morgan fingerprint density at radius 2 is 1.60 bits per heavy atom. The number of hydrogen-bond donors (Lipinski definition) is 10. The first kappa shape index (κ1) is 38.2. The molecule has 1 aliphatic heterocycles. The summed E-state index contributed by atoms with van der Waals surface area (Å²) in [6, 6.07) is 5.81. The second-order valence-corrected chi connectivity index (χ2v) is 12.2. The third-order valence-electron chi connectivity index (χ3n) is 8.41. The number of amides is 4. The van der Waals surface area contributed by atoms with Gasteiger partial charge in [0.2, 0.25) is 23.6 Å². The first-order chi connectivity index (χ1) is 22.8. The number of phenols is 2. The smallest absolute Gasteiger partial charge is 0.245 e. The lowest BCUT2D eigenvalue weighted by atomic mass is 9.95. The molecule has 3 rings (SSSR count). The van der Waals surface area contributed by atoms with Crippen molar-refractivity contribution in [1.29, 1.82) is 0 Å². The highest BCUT2D eigenvalue weighted by molar-refractivity contribution is 5.93. The Bertz CT molecular complexity index is 1420. The molecule has 4 bridgehead atoms. The molecule has 0 radical (unpaired) electrons. The summed E-state index contributed by atoms with van der Waals surface area (Å²) in [6.45, 7) is 0.797. The maximum Gasteiger partial charge on any atom is 0.245 e. The molecule has 0 fully saturated rings. The Hall–Kier alpha value is -4.28. The number of nitrogens with zero attached hydrogens (tertiary/aromatic N) is 1. The molecule has 14 N–H and O–H groups in total. The average molecular weight is 671 g/mol. The van der Waals surface area contributed by atoms with Crippen LogP contribution in [-0.4, -0.2) is 107 Å². The van der Waals surface area contributed by atoms with E-state index >= 15 is 0 Å². The fourth-order valence-electron chi connectivity index (χ4n) is 5.55. The molecule has 1 heterocycles. The molecule has 264 valence electrons. The minimum Gasteiger partial charge on any atom is -0.508 e. The Balaban J connectivity index is 1.88. The number of aliphatic hydroxyl groups excluding tert-OH is 1. The van der Waals surface area contributed by atoms with E-state index in [0.29, 0.717) is 54.6 Å². The first-order valence-electron chi connectivity index (χ1n) is 16.2. The molecule has 0 aromatic heterocycles.